The molecule has 118 valence electrons. The van der Waals surface area contributed by atoms with Gasteiger partial charge in [0.15, 0.2) is 0 Å². The Balaban J connectivity index is 1.60. The fourth-order valence-corrected chi connectivity index (χ4v) is 2.17. The average molecular weight is 337 g/mol. The predicted octanol–water partition coefficient (Wildman–Crippen LogP) is 4.98. The average Bonchev–Trinajstić information content (AvgIpc) is 2.63. The van der Waals surface area contributed by atoms with Crippen molar-refractivity contribution in [3.05, 3.63) is 83.0 Å². The third kappa shape index (κ3) is 4.03. The molecule has 0 aliphatic carbocycles. The molecule has 0 aliphatic rings. The third-order valence-electron chi connectivity index (χ3n) is 3.25. The van der Waals surface area contributed by atoms with Gasteiger partial charge in [-0.15, -0.1) is 0 Å². The Kier molecular flexibility index (Phi) is 4.95. The quantitative estimate of drug-likeness (QED) is 0.659. The normalized spacial score (nSPS) is 10.0. The van der Waals surface area contributed by atoms with Crippen LogP contribution in [0.1, 0.15) is 11.1 Å². The maximum absolute atomic E-state index is 8.78. The SMILES string of the molecule is N#Cc1ccc(COc2ccc(Oc3ccccc3Cl)nc2)cc1. The van der Waals surface area contributed by atoms with E-state index >= 15 is 0 Å². The van der Waals surface area contributed by atoms with E-state index in [4.69, 9.17) is 26.3 Å². The van der Waals surface area contributed by atoms with Crippen molar-refractivity contribution in [2.45, 2.75) is 6.61 Å². The summed E-state index contributed by atoms with van der Waals surface area (Å²) in [4.78, 5) is 4.21. The van der Waals surface area contributed by atoms with E-state index in [2.05, 4.69) is 11.1 Å². The van der Waals surface area contributed by atoms with Crippen molar-refractivity contribution in [2.75, 3.05) is 0 Å². The molecule has 1 aromatic heterocycles. The number of rotatable bonds is 5. The first-order valence-electron chi connectivity index (χ1n) is 7.25. The predicted molar refractivity (Wildman–Crippen MR) is 91.3 cm³/mol. The molecule has 0 fully saturated rings. The van der Waals surface area contributed by atoms with Crippen LogP contribution < -0.4 is 9.47 Å². The van der Waals surface area contributed by atoms with E-state index in [9.17, 15) is 0 Å². The van der Waals surface area contributed by atoms with E-state index in [0.29, 0.717) is 34.6 Å². The summed E-state index contributed by atoms with van der Waals surface area (Å²) in [6, 6.07) is 20.0. The maximum Gasteiger partial charge on any atom is 0.219 e. The van der Waals surface area contributed by atoms with Crippen molar-refractivity contribution >= 4 is 11.6 Å². The Morgan fingerprint density at radius 3 is 2.46 bits per heavy atom. The van der Waals surface area contributed by atoms with Crippen LogP contribution in [0.5, 0.6) is 17.4 Å². The number of hydrogen-bond donors (Lipinski definition) is 0. The summed E-state index contributed by atoms with van der Waals surface area (Å²) in [5, 5.41) is 9.30. The lowest BCUT2D eigenvalue weighted by atomic mass is 10.2. The minimum absolute atomic E-state index is 0.401. The molecule has 0 aliphatic heterocycles. The fourth-order valence-electron chi connectivity index (χ4n) is 1.99. The Morgan fingerprint density at radius 2 is 1.79 bits per heavy atom. The molecule has 3 aromatic rings. The first-order valence-corrected chi connectivity index (χ1v) is 7.63. The van der Waals surface area contributed by atoms with Gasteiger partial charge in [0, 0.05) is 6.07 Å². The monoisotopic (exact) mass is 336 g/mol. The molecule has 1 heterocycles. The van der Waals surface area contributed by atoms with Crippen molar-refractivity contribution in [2.24, 2.45) is 0 Å². The summed E-state index contributed by atoms with van der Waals surface area (Å²) in [5.41, 5.74) is 1.60. The van der Waals surface area contributed by atoms with Crippen LogP contribution in [0.3, 0.4) is 0 Å². The zero-order valence-corrected chi connectivity index (χ0v) is 13.4. The lowest BCUT2D eigenvalue weighted by Gasteiger charge is -2.08. The highest BCUT2D eigenvalue weighted by Crippen LogP contribution is 2.28. The molecule has 5 heteroatoms. The van der Waals surface area contributed by atoms with Crippen LogP contribution in [-0.4, -0.2) is 4.98 Å². The van der Waals surface area contributed by atoms with Gasteiger partial charge in [-0.3, -0.25) is 0 Å². The molecule has 0 N–H and O–H groups in total. The Bertz CT molecular complexity index is 856. The van der Waals surface area contributed by atoms with Crippen LogP contribution in [0.2, 0.25) is 5.02 Å². The van der Waals surface area contributed by atoms with E-state index in [1.165, 1.54) is 0 Å². The van der Waals surface area contributed by atoms with Gasteiger partial charge in [0.1, 0.15) is 18.1 Å². The number of nitriles is 1. The number of pyridine rings is 1. The van der Waals surface area contributed by atoms with Crippen LogP contribution in [0.15, 0.2) is 66.9 Å². The molecule has 0 spiro atoms. The summed E-state index contributed by atoms with van der Waals surface area (Å²) < 4.78 is 11.3. The summed E-state index contributed by atoms with van der Waals surface area (Å²) in [6.07, 6.45) is 1.59. The fraction of sp³-hybridized carbons (Fsp3) is 0.0526. The van der Waals surface area contributed by atoms with Gasteiger partial charge >= 0.3 is 0 Å². The number of nitrogens with zero attached hydrogens (tertiary/aromatic N) is 2. The largest absolute Gasteiger partial charge is 0.487 e. The molecule has 3 rings (SSSR count). The zero-order valence-electron chi connectivity index (χ0n) is 12.6. The molecule has 0 saturated heterocycles. The molecule has 0 radical (unpaired) electrons. The zero-order chi connectivity index (χ0) is 16.8. The molecule has 2 aromatic carbocycles. The smallest absolute Gasteiger partial charge is 0.219 e. The Morgan fingerprint density at radius 1 is 1.00 bits per heavy atom. The van der Waals surface area contributed by atoms with Gasteiger partial charge in [-0.2, -0.15) is 5.26 Å². The minimum atomic E-state index is 0.401. The minimum Gasteiger partial charge on any atom is -0.487 e. The number of halogens is 1. The molecular weight excluding hydrogens is 324 g/mol. The molecule has 0 unspecified atom stereocenters. The van der Waals surface area contributed by atoms with Gasteiger partial charge in [-0.1, -0.05) is 35.9 Å². The molecule has 0 saturated carbocycles. The molecule has 0 bridgehead atoms. The Labute approximate surface area is 144 Å². The lowest BCUT2D eigenvalue weighted by Crippen LogP contribution is -1.96. The number of ether oxygens (including phenoxy) is 2. The van der Waals surface area contributed by atoms with Gasteiger partial charge < -0.3 is 9.47 Å². The highest BCUT2D eigenvalue weighted by molar-refractivity contribution is 6.32. The van der Waals surface area contributed by atoms with Crippen LogP contribution in [-0.2, 0) is 6.61 Å². The summed E-state index contributed by atoms with van der Waals surface area (Å²) in [5.74, 6) is 1.62. The number of hydrogen-bond acceptors (Lipinski definition) is 4. The van der Waals surface area contributed by atoms with E-state index < -0.39 is 0 Å². The Hall–Kier alpha value is -3.03. The second kappa shape index (κ2) is 7.49. The van der Waals surface area contributed by atoms with Gasteiger partial charge in [0.25, 0.3) is 0 Å². The van der Waals surface area contributed by atoms with Crippen molar-refractivity contribution in [3.8, 4) is 23.4 Å². The molecule has 0 atom stereocenters. The van der Waals surface area contributed by atoms with Crippen molar-refractivity contribution in [1.82, 2.24) is 4.98 Å². The lowest BCUT2D eigenvalue weighted by molar-refractivity contribution is 0.304. The van der Waals surface area contributed by atoms with Crippen LogP contribution in [0.4, 0.5) is 0 Å². The highest BCUT2D eigenvalue weighted by atomic mass is 35.5. The van der Waals surface area contributed by atoms with Crippen molar-refractivity contribution in [1.29, 1.82) is 5.26 Å². The van der Waals surface area contributed by atoms with Crippen LogP contribution in [0, 0.1) is 11.3 Å². The van der Waals surface area contributed by atoms with Crippen LogP contribution in [0.25, 0.3) is 0 Å². The van der Waals surface area contributed by atoms with E-state index in [1.54, 1.807) is 42.6 Å². The first kappa shape index (κ1) is 15.9. The molecule has 0 amide bonds. The molecule has 24 heavy (non-hydrogen) atoms. The summed E-state index contributed by atoms with van der Waals surface area (Å²) >= 11 is 6.05. The second-order valence-corrected chi connectivity index (χ2v) is 5.37. The van der Waals surface area contributed by atoms with Gasteiger partial charge in [0.2, 0.25) is 5.88 Å². The standard InChI is InChI=1S/C19H13ClN2O2/c20-17-3-1-2-4-18(17)24-19-10-9-16(12-22-19)23-13-15-7-5-14(11-21)6-8-15/h1-10,12H,13H2. The molecule has 4 nitrogen and oxygen atoms in total. The number of aromatic nitrogens is 1. The first-order chi connectivity index (χ1) is 11.7. The second-order valence-electron chi connectivity index (χ2n) is 4.96. The van der Waals surface area contributed by atoms with Gasteiger partial charge in [-0.05, 0) is 35.9 Å². The summed E-state index contributed by atoms with van der Waals surface area (Å²) in [7, 11) is 0. The highest BCUT2D eigenvalue weighted by Gasteiger charge is 2.04. The molecular formula is C19H13ClN2O2. The van der Waals surface area contributed by atoms with Gasteiger partial charge in [-0.25, -0.2) is 4.98 Å². The topological polar surface area (TPSA) is 55.1 Å². The van der Waals surface area contributed by atoms with E-state index in [-0.39, 0.29) is 0 Å². The number of benzene rings is 2. The number of para-hydroxylation sites is 1. The van der Waals surface area contributed by atoms with E-state index in [0.717, 1.165) is 5.56 Å². The van der Waals surface area contributed by atoms with Crippen molar-refractivity contribution < 1.29 is 9.47 Å². The summed E-state index contributed by atoms with van der Waals surface area (Å²) in [6.45, 7) is 0.401. The third-order valence-corrected chi connectivity index (χ3v) is 3.56. The van der Waals surface area contributed by atoms with Crippen LogP contribution >= 0.6 is 11.6 Å². The maximum atomic E-state index is 8.78. The van der Waals surface area contributed by atoms with E-state index in [1.807, 2.05) is 24.3 Å². The van der Waals surface area contributed by atoms with Gasteiger partial charge in [0.05, 0.1) is 22.9 Å². The van der Waals surface area contributed by atoms with Crippen molar-refractivity contribution in [3.63, 3.8) is 0 Å².